The van der Waals surface area contributed by atoms with Crippen molar-refractivity contribution in [1.29, 1.82) is 0 Å². The Morgan fingerprint density at radius 3 is 1.59 bits per heavy atom. The predicted molar refractivity (Wildman–Crippen MR) is 209 cm³/mol. The molecule has 12 rings (SSSR count). The monoisotopic (exact) mass is 647 g/mol. The van der Waals surface area contributed by atoms with Crippen LogP contribution in [0.1, 0.15) is 22.3 Å². The largest absolute Gasteiger partial charge is 0.308 e. The van der Waals surface area contributed by atoms with Crippen LogP contribution in [0.15, 0.2) is 176 Å². The van der Waals surface area contributed by atoms with Gasteiger partial charge in [-0.1, -0.05) is 133 Å². The molecule has 0 fully saturated rings. The van der Waals surface area contributed by atoms with Crippen LogP contribution in [0.2, 0.25) is 0 Å². The summed E-state index contributed by atoms with van der Waals surface area (Å²) in [6, 6.07) is 62.4. The zero-order valence-corrected chi connectivity index (χ0v) is 27.6. The Morgan fingerprint density at radius 1 is 0.392 bits per heavy atom. The molecule has 236 valence electrons. The number of pyridine rings is 1. The molecule has 3 heterocycles. The fourth-order valence-electron chi connectivity index (χ4n) is 9.68. The molecule has 0 N–H and O–H groups in total. The lowest BCUT2D eigenvalue weighted by molar-refractivity contribution is 0.792. The third kappa shape index (κ3) is 3.27. The molecule has 0 saturated heterocycles. The summed E-state index contributed by atoms with van der Waals surface area (Å²) in [7, 11) is 0. The van der Waals surface area contributed by atoms with E-state index in [0.29, 0.717) is 0 Å². The van der Waals surface area contributed by atoms with Gasteiger partial charge in [0, 0.05) is 33.7 Å². The standard InChI is InChI=1S/C48H29N3/c1-2-14-30(15-3-1)51-44-25-13-8-20-37(44)45-46-38(29-49-47(45)51)36-19-7-12-24-43(36)50(46)31-26-27-35-34-18-6-11-23-41(34)48(42(35)28-31)39-21-9-4-16-32(39)33-17-5-10-22-40(33)48/h1-29H. The third-order valence-corrected chi connectivity index (χ3v) is 11.6. The lowest BCUT2D eigenvalue weighted by Crippen LogP contribution is -2.26. The Hall–Kier alpha value is -6.71. The van der Waals surface area contributed by atoms with Gasteiger partial charge in [-0.05, 0) is 80.9 Å². The first kappa shape index (κ1) is 27.2. The van der Waals surface area contributed by atoms with Gasteiger partial charge in [-0.3, -0.25) is 4.57 Å². The molecule has 0 amide bonds. The second kappa shape index (κ2) is 9.71. The molecule has 0 atom stereocenters. The Balaban J connectivity index is 1.23. The highest BCUT2D eigenvalue weighted by molar-refractivity contribution is 6.25. The van der Waals surface area contributed by atoms with E-state index >= 15 is 0 Å². The average Bonchev–Trinajstić information content (AvgIpc) is 3.90. The quantitative estimate of drug-likeness (QED) is 0.183. The van der Waals surface area contributed by atoms with Gasteiger partial charge < -0.3 is 4.57 Å². The van der Waals surface area contributed by atoms with Crippen molar-refractivity contribution in [2.45, 2.75) is 5.41 Å². The van der Waals surface area contributed by atoms with E-state index in [1.807, 2.05) is 0 Å². The third-order valence-electron chi connectivity index (χ3n) is 11.6. The minimum absolute atomic E-state index is 0.409. The highest BCUT2D eigenvalue weighted by atomic mass is 15.1. The molecule has 51 heavy (non-hydrogen) atoms. The molecule has 0 saturated carbocycles. The van der Waals surface area contributed by atoms with E-state index in [1.165, 1.54) is 71.7 Å². The number of nitrogens with zero attached hydrogens (tertiary/aromatic N) is 3. The fraction of sp³-hybridized carbons (Fsp3) is 0.0208. The normalized spacial score (nSPS) is 13.6. The molecular weight excluding hydrogens is 619 g/mol. The van der Waals surface area contributed by atoms with Gasteiger partial charge in [-0.25, -0.2) is 4.98 Å². The minimum Gasteiger partial charge on any atom is -0.308 e. The summed E-state index contributed by atoms with van der Waals surface area (Å²) in [4.78, 5) is 5.22. The van der Waals surface area contributed by atoms with E-state index in [4.69, 9.17) is 4.98 Å². The van der Waals surface area contributed by atoms with E-state index < -0.39 is 5.41 Å². The fourth-order valence-corrected chi connectivity index (χ4v) is 9.68. The molecule has 2 aliphatic rings. The summed E-state index contributed by atoms with van der Waals surface area (Å²) in [6.45, 7) is 0. The van der Waals surface area contributed by atoms with Crippen molar-refractivity contribution in [1.82, 2.24) is 14.1 Å². The highest BCUT2D eigenvalue weighted by Crippen LogP contribution is 2.63. The van der Waals surface area contributed by atoms with Gasteiger partial charge in [0.05, 0.1) is 27.4 Å². The van der Waals surface area contributed by atoms with Crippen LogP contribution in [0.3, 0.4) is 0 Å². The molecule has 0 bridgehead atoms. The van der Waals surface area contributed by atoms with Crippen molar-refractivity contribution in [3.05, 3.63) is 198 Å². The van der Waals surface area contributed by atoms with Crippen LogP contribution in [0.25, 0.3) is 77.4 Å². The van der Waals surface area contributed by atoms with E-state index in [-0.39, 0.29) is 0 Å². The maximum absolute atomic E-state index is 5.22. The first-order valence-corrected chi connectivity index (χ1v) is 17.6. The summed E-state index contributed by atoms with van der Waals surface area (Å²) in [5, 5.41) is 4.72. The summed E-state index contributed by atoms with van der Waals surface area (Å²) in [5.74, 6) is 0. The Bertz CT molecular complexity index is 3020. The van der Waals surface area contributed by atoms with Crippen LogP contribution in [-0.4, -0.2) is 14.1 Å². The van der Waals surface area contributed by atoms with Crippen molar-refractivity contribution < 1.29 is 0 Å². The van der Waals surface area contributed by atoms with Crippen molar-refractivity contribution in [3.8, 4) is 33.6 Å². The first-order valence-electron chi connectivity index (χ1n) is 17.6. The molecule has 0 radical (unpaired) electrons. The summed E-state index contributed by atoms with van der Waals surface area (Å²) < 4.78 is 4.81. The van der Waals surface area contributed by atoms with Crippen LogP contribution in [0.4, 0.5) is 0 Å². The van der Waals surface area contributed by atoms with Gasteiger partial charge in [0.15, 0.2) is 0 Å². The van der Waals surface area contributed by atoms with Crippen molar-refractivity contribution in [2.24, 2.45) is 0 Å². The zero-order chi connectivity index (χ0) is 33.3. The molecule has 7 aromatic carbocycles. The van der Waals surface area contributed by atoms with Crippen LogP contribution in [0.5, 0.6) is 0 Å². The number of aromatic nitrogens is 3. The predicted octanol–water partition coefficient (Wildman–Crippen LogP) is 11.6. The number of benzene rings is 7. The minimum atomic E-state index is -0.409. The van der Waals surface area contributed by atoms with E-state index in [1.54, 1.807) is 0 Å². The summed E-state index contributed by atoms with van der Waals surface area (Å²) in [6.07, 6.45) is 2.09. The number of rotatable bonds is 2. The number of para-hydroxylation sites is 3. The first-order chi connectivity index (χ1) is 25.3. The van der Waals surface area contributed by atoms with Crippen molar-refractivity contribution in [2.75, 3.05) is 0 Å². The van der Waals surface area contributed by atoms with Crippen LogP contribution in [-0.2, 0) is 5.41 Å². The second-order valence-electron chi connectivity index (χ2n) is 13.9. The molecule has 3 nitrogen and oxygen atoms in total. The van der Waals surface area contributed by atoms with Gasteiger partial charge >= 0.3 is 0 Å². The summed E-state index contributed by atoms with van der Waals surface area (Å²) in [5.41, 5.74) is 17.0. The molecule has 3 heteroatoms. The molecule has 3 aromatic heterocycles. The topological polar surface area (TPSA) is 22.8 Å². The number of hydrogen-bond donors (Lipinski definition) is 0. The SMILES string of the molecule is c1ccc(-n2c3ccccc3c3c2ncc2c4ccccc4n(-c4ccc5c(c4)C4(c6ccccc6-c6ccccc64)c4ccccc4-5)c23)cc1. The molecule has 10 aromatic rings. The van der Waals surface area contributed by atoms with Gasteiger partial charge in [0.2, 0.25) is 0 Å². The van der Waals surface area contributed by atoms with Gasteiger partial charge in [0.1, 0.15) is 5.65 Å². The molecule has 0 aliphatic heterocycles. The lowest BCUT2D eigenvalue weighted by Gasteiger charge is -2.30. The van der Waals surface area contributed by atoms with Crippen molar-refractivity contribution >= 4 is 43.7 Å². The van der Waals surface area contributed by atoms with Gasteiger partial charge in [-0.2, -0.15) is 0 Å². The average molecular weight is 648 g/mol. The molecule has 2 aliphatic carbocycles. The van der Waals surface area contributed by atoms with E-state index in [2.05, 4.69) is 185 Å². The Morgan fingerprint density at radius 2 is 0.922 bits per heavy atom. The maximum atomic E-state index is 5.22. The maximum Gasteiger partial charge on any atom is 0.147 e. The Kier molecular flexibility index (Phi) is 5.17. The highest BCUT2D eigenvalue weighted by Gasteiger charge is 2.51. The summed E-state index contributed by atoms with van der Waals surface area (Å²) >= 11 is 0. The smallest absolute Gasteiger partial charge is 0.147 e. The van der Waals surface area contributed by atoms with E-state index in [9.17, 15) is 0 Å². The number of fused-ring (bicyclic) bond motifs is 17. The van der Waals surface area contributed by atoms with Crippen LogP contribution in [0, 0.1) is 0 Å². The van der Waals surface area contributed by atoms with Crippen molar-refractivity contribution in [3.63, 3.8) is 0 Å². The Labute approximate surface area is 294 Å². The second-order valence-corrected chi connectivity index (χ2v) is 13.9. The van der Waals surface area contributed by atoms with E-state index in [0.717, 1.165) is 27.9 Å². The zero-order valence-electron chi connectivity index (χ0n) is 27.6. The molecule has 1 spiro atoms. The number of hydrogen-bond acceptors (Lipinski definition) is 1. The van der Waals surface area contributed by atoms with Gasteiger partial charge in [-0.15, -0.1) is 0 Å². The van der Waals surface area contributed by atoms with Crippen LogP contribution < -0.4 is 0 Å². The molecular formula is C48H29N3. The van der Waals surface area contributed by atoms with Crippen LogP contribution >= 0.6 is 0 Å². The lowest BCUT2D eigenvalue weighted by atomic mass is 9.70. The molecule has 0 unspecified atom stereocenters. The van der Waals surface area contributed by atoms with Gasteiger partial charge in [0.25, 0.3) is 0 Å².